The van der Waals surface area contributed by atoms with Gasteiger partial charge in [-0.3, -0.25) is 23.1 Å². The Kier molecular flexibility index (Phi) is 5.44. The van der Waals surface area contributed by atoms with E-state index in [1.807, 2.05) is 18.2 Å². The molecule has 28 heavy (non-hydrogen) atoms. The molecule has 0 atom stereocenters. The van der Waals surface area contributed by atoms with Crippen LogP contribution >= 0.6 is 0 Å². The highest BCUT2D eigenvalue weighted by Gasteiger charge is 2.22. The first-order valence-corrected chi connectivity index (χ1v) is 9.66. The molecule has 0 unspecified atom stereocenters. The predicted molar refractivity (Wildman–Crippen MR) is 106 cm³/mol. The van der Waals surface area contributed by atoms with Gasteiger partial charge in [0.1, 0.15) is 0 Å². The van der Waals surface area contributed by atoms with Crippen molar-refractivity contribution in [3.63, 3.8) is 0 Å². The summed E-state index contributed by atoms with van der Waals surface area (Å²) in [5, 5.41) is 0. The minimum Gasteiger partial charge on any atom is -0.466 e. The third kappa shape index (κ3) is 3.04. The van der Waals surface area contributed by atoms with E-state index in [0.717, 1.165) is 35.3 Å². The molecule has 152 valence electrons. The summed E-state index contributed by atoms with van der Waals surface area (Å²) < 4.78 is 11.3. The molecule has 0 N–H and O–H groups in total. The maximum Gasteiger partial charge on any atom is 0.332 e. The van der Waals surface area contributed by atoms with Crippen LogP contribution in [0.3, 0.4) is 0 Å². The first kappa shape index (κ1) is 19.9. The Morgan fingerprint density at radius 2 is 1.79 bits per heavy atom. The number of hydrogen-bond acceptors (Lipinski definition) is 5. The normalized spacial score (nSPS) is 11.6. The zero-order valence-corrected chi connectivity index (χ0v) is 17.1. The Labute approximate surface area is 162 Å². The number of imidazole rings is 2. The SMILES string of the molecule is CCCCn1c(C)c(C)n2c3c(=O)n(CCC(=O)OCC)c(=O)n(C)c3nc12. The second-order valence-corrected chi connectivity index (χ2v) is 6.95. The van der Waals surface area contributed by atoms with Crippen molar-refractivity contribution >= 4 is 22.9 Å². The van der Waals surface area contributed by atoms with Gasteiger partial charge in [-0.2, -0.15) is 4.98 Å². The highest BCUT2D eigenvalue weighted by molar-refractivity contribution is 5.76. The summed E-state index contributed by atoms with van der Waals surface area (Å²) in [6.45, 7) is 8.82. The van der Waals surface area contributed by atoms with Crippen LogP contribution in [0.2, 0.25) is 0 Å². The fourth-order valence-electron chi connectivity index (χ4n) is 3.53. The molecule has 3 aromatic rings. The molecule has 3 heterocycles. The molecule has 0 radical (unpaired) electrons. The molecule has 3 aromatic heterocycles. The second kappa shape index (κ2) is 7.65. The zero-order chi connectivity index (χ0) is 20.6. The lowest BCUT2D eigenvalue weighted by molar-refractivity contribution is -0.143. The van der Waals surface area contributed by atoms with Crippen LogP contribution in [0.25, 0.3) is 16.9 Å². The van der Waals surface area contributed by atoms with Crippen LogP contribution in [0.5, 0.6) is 0 Å². The number of unbranched alkanes of at least 4 members (excludes halogenated alkanes) is 1. The molecule has 0 aromatic carbocycles. The molecule has 0 saturated carbocycles. The maximum absolute atomic E-state index is 13.2. The molecule has 0 aliphatic rings. The number of esters is 1. The summed E-state index contributed by atoms with van der Waals surface area (Å²) in [6.07, 6.45) is 2.00. The van der Waals surface area contributed by atoms with E-state index in [-0.39, 0.29) is 19.6 Å². The number of ether oxygens (including phenoxy) is 1. The van der Waals surface area contributed by atoms with Crippen molar-refractivity contribution in [1.29, 1.82) is 0 Å². The Morgan fingerprint density at radius 3 is 2.43 bits per heavy atom. The summed E-state index contributed by atoms with van der Waals surface area (Å²) in [7, 11) is 1.59. The Morgan fingerprint density at radius 1 is 1.07 bits per heavy atom. The molecule has 0 aliphatic carbocycles. The van der Waals surface area contributed by atoms with E-state index in [1.54, 1.807) is 14.0 Å². The minimum atomic E-state index is -0.489. The monoisotopic (exact) mass is 389 g/mol. The van der Waals surface area contributed by atoms with Crippen molar-refractivity contribution in [2.75, 3.05) is 6.61 Å². The van der Waals surface area contributed by atoms with Crippen molar-refractivity contribution in [3.05, 3.63) is 32.2 Å². The second-order valence-electron chi connectivity index (χ2n) is 6.95. The summed E-state index contributed by atoms with van der Waals surface area (Å²) in [6, 6.07) is 0. The van der Waals surface area contributed by atoms with Crippen LogP contribution in [0.1, 0.15) is 44.5 Å². The van der Waals surface area contributed by atoms with Gasteiger partial charge in [-0.15, -0.1) is 0 Å². The lowest BCUT2D eigenvalue weighted by Crippen LogP contribution is -2.40. The van der Waals surface area contributed by atoms with Gasteiger partial charge in [0.15, 0.2) is 11.2 Å². The third-order valence-electron chi connectivity index (χ3n) is 5.21. The van der Waals surface area contributed by atoms with E-state index in [2.05, 4.69) is 16.5 Å². The zero-order valence-electron chi connectivity index (χ0n) is 17.1. The van der Waals surface area contributed by atoms with E-state index < -0.39 is 17.2 Å². The minimum absolute atomic E-state index is 0.0257. The number of rotatable bonds is 7. The molecule has 0 amide bonds. The van der Waals surface area contributed by atoms with Gasteiger partial charge in [0.25, 0.3) is 5.56 Å². The van der Waals surface area contributed by atoms with E-state index in [9.17, 15) is 14.4 Å². The molecule has 0 spiro atoms. The van der Waals surface area contributed by atoms with Gasteiger partial charge < -0.3 is 9.30 Å². The van der Waals surface area contributed by atoms with Gasteiger partial charge >= 0.3 is 11.7 Å². The van der Waals surface area contributed by atoms with E-state index in [4.69, 9.17) is 4.74 Å². The fourth-order valence-corrected chi connectivity index (χ4v) is 3.53. The molecule has 0 saturated heterocycles. The molecular formula is C19H27N5O4. The fraction of sp³-hybridized carbons (Fsp3) is 0.579. The van der Waals surface area contributed by atoms with Crippen LogP contribution in [-0.4, -0.2) is 35.7 Å². The Balaban J connectivity index is 2.24. The summed E-state index contributed by atoms with van der Waals surface area (Å²) in [5.74, 6) is 0.224. The first-order valence-electron chi connectivity index (χ1n) is 9.66. The number of carbonyl (C=O) groups is 1. The topological polar surface area (TPSA) is 92.5 Å². The van der Waals surface area contributed by atoms with Gasteiger partial charge in [0, 0.05) is 31.5 Å². The molecule has 0 aliphatic heterocycles. The Bertz CT molecular complexity index is 1160. The Hall–Kier alpha value is -2.84. The number of aromatic nitrogens is 5. The van der Waals surface area contributed by atoms with E-state index in [0.29, 0.717) is 16.9 Å². The number of fused-ring (bicyclic) bond motifs is 3. The standard InChI is InChI=1S/C19H27N5O4/c1-6-8-10-22-12(3)13(4)24-15-16(20-18(22)24)21(5)19(27)23(17(15)26)11-9-14(25)28-7-2/h6-11H2,1-5H3. The number of aryl methyl sites for hydroxylation is 3. The maximum atomic E-state index is 13.2. The van der Waals surface area contributed by atoms with Crippen molar-refractivity contribution < 1.29 is 9.53 Å². The van der Waals surface area contributed by atoms with Crippen LogP contribution in [0.4, 0.5) is 0 Å². The summed E-state index contributed by atoms with van der Waals surface area (Å²) in [5.41, 5.74) is 1.75. The van der Waals surface area contributed by atoms with Gasteiger partial charge in [-0.25, -0.2) is 4.79 Å². The molecular weight excluding hydrogens is 362 g/mol. The van der Waals surface area contributed by atoms with E-state index >= 15 is 0 Å². The largest absolute Gasteiger partial charge is 0.466 e. The highest BCUT2D eigenvalue weighted by Crippen LogP contribution is 2.21. The lowest BCUT2D eigenvalue weighted by atomic mass is 10.3. The van der Waals surface area contributed by atoms with Crippen LogP contribution in [0.15, 0.2) is 9.59 Å². The summed E-state index contributed by atoms with van der Waals surface area (Å²) in [4.78, 5) is 42.2. The average molecular weight is 389 g/mol. The smallest absolute Gasteiger partial charge is 0.332 e. The van der Waals surface area contributed by atoms with Gasteiger partial charge in [0.2, 0.25) is 5.78 Å². The van der Waals surface area contributed by atoms with Gasteiger partial charge in [-0.1, -0.05) is 13.3 Å². The molecule has 9 nitrogen and oxygen atoms in total. The van der Waals surface area contributed by atoms with Crippen molar-refractivity contribution in [3.8, 4) is 0 Å². The molecule has 9 heteroatoms. The average Bonchev–Trinajstić information content (AvgIpc) is 3.15. The molecule has 0 bridgehead atoms. The number of hydrogen-bond donors (Lipinski definition) is 0. The van der Waals surface area contributed by atoms with Crippen LogP contribution in [-0.2, 0) is 29.7 Å². The first-order chi connectivity index (χ1) is 13.3. The van der Waals surface area contributed by atoms with Gasteiger partial charge in [0.05, 0.1) is 13.0 Å². The molecule has 0 fully saturated rings. The molecule has 3 rings (SSSR count). The number of nitrogens with zero attached hydrogens (tertiary/aromatic N) is 5. The predicted octanol–water partition coefficient (Wildman–Crippen LogP) is 1.52. The lowest BCUT2D eigenvalue weighted by Gasteiger charge is -2.08. The third-order valence-corrected chi connectivity index (χ3v) is 5.21. The highest BCUT2D eigenvalue weighted by atomic mass is 16.5. The van der Waals surface area contributed by atoms with Crippen LogP contribution in [0, 0.1) is 13.8 Å². The van der Waals surface area contributed by atoms with Crippen molar-refractivity contribution in [2.45, 2.75) is 60.0 Å². The van der Waals surface area contributed by atoms with Gasteiger partial charge in [-0.05, 0) is 27.2 Å². The van der Waals surface area contributed by atoms with Crippen molar-refractivity contribution in [2.24, 2.45) is 7.05 Å². The van der Waals surface area contributed by atoms with E-state index in [1.165, 1.54) is 4.57 Å². The number of carbonyl (C=O) groups excluding carboxylic acids is 1. The quantitative estimate of drug-likeness (QED) is 0.571. The summed E-state index contributed by atoms with van der Waals surface area (Å²) >= 11 is 0. The van der Waals surface area contributed by atoms with Crippen LogP contribution < -0.4 is 11.2 Å². The van der Waals surface area contributed by atoms with Crippen molar-refractivity contribution in [1.82, 2.24) is 23.1 Å².